The first kappa shape index (κ1) is 30.7. The first-order valence-corrected chi connectivity index (χ1v) is 14.2. The summed E-state index contributed by atoms with van der Waals surface area (Å²) in [6.07, 6.45) is -7.75. The number of imide groups is 1. The number of likely N-dealkylation sites (tertiary alicyclic amines) is 1. The van der Waals surface area contributed by atoms with E-state index in [9.17, 15) is 40.7 Å². The number of halogens is 6. The number of ether oxygens (including phenoxy) is 1. The number of alkyl halides is 6. The van der Waals surface area contributed by atoms with Gasteiger partial charge in [0, 0.05) is 25.6 Å². The molecule has 0 saturated carbocycles. The van der Waals surface area contributed by atoms with Gasteiger partial charge in [0.1, 0.15) is 0 Å². The van der Waals surface area contributed by atoms with Gasteiger partial charge in [-0.15, -0.1) is 0 Å². The number of hydrogen-bond donors (Lipinski definition) is 0. The lowest BCUT2D eigenvalue weighted by molar-refractivity contribution is -0.143. The third kappa shape index (κ3) is 6.03. The van der Waals surface area contributed by atoms with E-state index in [1.165, 1.54) is 9.80 Å². The number of fused-ring (bicyclic) bond motifs is 2. The maximum atomic E-state index is 14.0. The van der Waals surface area contributed by atoms with Gasteiger partial charge in [-0.2, -0.15) is 26.3 Å². The zero-order valence-corrected chi connectivity index (χ0v) is 23.6. The summed E-state index contributed by atoms with van der Waals surface area (Å²) >= 11 is 0. The summed E-state index contributed by atoms with van der Waals surface area (Å²) in [5.41, 5.74) is -0.378. The van der Waals surface area contributed by atoms with Crippen LogP contribution in [-0.2, 0) is 41.3 Å². The summed E-state index contributed by atoms with van der Waals surface area (Å²) in [4.78, 5) is 43.3. The first-order chi connectivity index (χ1) is 20.2. The van der Waals surface area contributed by atoms with Crippen molar-refractivity contribution < 1.29 is 45.5 Å². The van der Waals surface area contributed by atoms with Crippen LogP contribution in [-0.4, -0.2) is 47.0 Å². The summed E-state index contributed by atoms with van der Waals surface area (Å²) in [5, 5.41) is 0. The van der Waals surface area contributed by atoms with E-state index in [0.717, 1.165) is 35.3 Å². The molecule has 0 radical (unpaired) electrons. The van der Waals surface area contributed by atoms with E-state index in [2.05, 4.69) is 0 Å². The van der Waals surface area contributed by atoms with Crippen LogP contribution in [0, 0.1) is 0 Å². The van der Waals surface area contributed by atoms with Gasteiger partial charge in [-0.25, -0.2) is 9.59 Å². The number of anilines is 1. The van der Waals surface area contributed by atoms with Crippen LogP contribution in [0.15, 0.2) is 30.3 Å². The number of rotatable bonds is 4. The van der Waals surface area contributed by atoms with Gasteiger partial charge in [-0.3, -0.25) is 14.6 Å². The van der Waals surface area contributed by atoms with Crippen molar-refractivity contribution in [3.05, 3.63) is 63.7 Å². The van der Waals surface area contributed by atoms with E-state index in [4.69, 9.17) is 4.74 Å². The number of nitrogens with zero attached hydrogens (tertiary/aromatic N) is 3. The lowest BCUT2D eigenvalue weighted by Gasteiger charge is -2.44. The predicted molar refractivity (Wildman–Crippen MR) is 143 cm³/mol. The van der Waals surface area contributed by atoms with Crippen molar-refractivity contribution in [1.29, 1.82) is 0 Å². The Morgan fingerprint density at radius 2 is 1.56 bits per heavy atom. The largest absolute Gasteiger partial charge is 0.449 e. The van der Waals surface area contributed by atoms with Crippen molar-refractivity contribution in [3.63, 3.8) is 0 Å². The second-order valence-corrected chi connectivity index (χ2v) is 11.2. The van der Waals surface area contributed by atoms with Crippen molar-refractivity contribution in [1.82, 2.24) is 9.80 Å². The molecule has 0 aromatic heterocycles. The molecule has 2 aromatic rings. The molecule has 7 nitrogen and oxygen atoms in total. The van der Waals surface area contributed by atoms with Gasteiger partial charge < -0.3 is 9.64 Å². The van der Waals surface area contributed by atoms with Crippen LogP contribution in [0.3, 0.4) is 0 Å². The molecule has 43 heavy (non-hydrogen) atoms. The lowest BCUT2D eigenvalue weighted by Crippen LogP contribution is -2.50. The standard InChI is InChI=1S/C30H31F6N3O4/c1-3-43-28(42)39-17(2)10-24(23-13-19-6-4-7-20(19)14-25(23)39)38(27(41)37-9-5-8-26(37)40)16-18-11-21(29(31,32)33)15-22(12-18)30(34,35)36/h11-15,17,24H,3-10,16H2,1-2H3/t17-,24+/m0/s1. The SMILES string of the molecule is CCOC(=O)N1c2cc3c(cc2[C@H](N(Cc2cc(C(F)(F)F)cc(C(F)(F)F)c2)C(=O)N2CCCC2=O)C[C@@H]1C)CCC3. The van der Waals surface area contributed by atoms with E-state index in [1.54, 1.807) is 13.8 Å². The van der Waals surface area contributed by atoms with E-state index < -0.39 is 60.1 Å². The Balaban J connectivity index is 1.65. The van der Waals surface area contributed by atoms with Crippen molar-refractivity contribution in [2.24, 2.45) is 0 Å². The van der Waals surface area contributed by atoms with Crippen molar-refractivity contribution in [3.8, 4) is 0 Å². The minimum absolute atomic E-state index is 0.0398. The molecule has 232 valence electrons. The molecule has 1 fully saturated rings. The average molecular weight is 612 g/mol. The number of carbonyl (C=O) groups excluding carboxylic acids is 3. The fourth-order valence-corrected chi connectivity index (χ4v) is 6.29. The maximum absolute atomic E-state index is 14.0. The van der Waals surface area contributed by atoms with Gasteiger partial charge in [-0.1, -0.05) is 6.07 Å². The van der Waals surface area contributed by atoms with Crippen LogP contribution in [0.1, 0.15) is 79.0 Å². The normalized spacial score (nSPS) is 20.2. The molecule has 2 aliphatic heterocycles. The first-order valence-electron chi connectivity index (χ1n) is 14.2. The molecule has 4 amide bonds. The van der Waals surface area contributed by atoms with Crippen LogP contribution in [0.25, 0.3) is 0 Å². The zero-order valence-electron chi connectivity index (χ0n) is 23.6. The van der Waals surface area contributed by atoms with E-state index >= 15 is 0 Å². The summed E-state index contributed by atoms with van der Waals surface area (Å²) in [6, 6.07) is 2.75. The molecule has 0 spiro atoms. The molecule has 2 heterocycles. The third-order valence-electron chi connectivity index (χ3n) is 8.26. The second kappa shape index (κ2) is 11.4. The van der Waals surface area contributed by atoms with Crippen LogP contribution in [0.5, 0.6) is 0 Å². The highest BCUT2D eigenvalue weighted by Gasteiger charge is 2.43. The van der Waals surface area contributed by atoms with Gasteiger partial charge in [0.15, 0.2) is 0 Å². The average Bonchev–Trinajstić information content (AvgIpc) is 3.57. The Hall–Kier alpha value is -3.77. The highest BCUT2D eigenvalue weighted by molar-refractivity contribution is 5.96. The molecular weight excluding hydrogens is 580 g/mol. The Morgan fingerprint density at radius 3 is 2.12 bits per heavy atom. The summed E-state index contributed by atoms with van der Waals surface area (Å²) in [6.45, 7) is 2.97. The quantitative estimate of drug-likeness (QED) is 0.342. The highest BCUT2D eigenvalue weighted by Crippen LogP contribution is 2.45. The minimum atomic E-state index is -5.07. The van der Waals surface area contributed by atoms with Crippen LogP contribution >= 0.6 is 0 Å². The minimum Gasteiger partial charge on any atom is -0.449 e. The molecule has 2 atom stereocenters. The Bertz CT molecular complexity index is 1410. The van der Waals surface area contributed by atoms with E-state index in [1.807, 2.05) is 12.1 Å². The molecule has 0 bridgehead atoms. The molecule has 13 heteroatoms. The van der Waals surface area contributed by atoms with E-state index in [0.29, 0.717) is 29.8 Å². The van der Waals surface area contributed by atoms with Crippen molar-refractivity contribution in [2.75, 3.05) is 18.1 Å². The lowest BCUT2D eigenvalue weighted by atomic mass is 9.88. The van der Waals surface area contributed by atoms with Gasteiger partial charge >= 0.3 is 24.5 Å². The topological polar surface area (TPSA) is 70.2 Å². The Morgan fingerprint density at radius 1 is 0.930 bits per heavy atom. The zero-order chi connectivity index (χ0) is 31.3. The molecule has 3 aliphatic rings. The number of amides is 4. The van der Waals surface area contributed by atoms with Crippen molar-refractivity contribution in [2.45, 2.75) is 83.4 Å². The summed E-state index contributed by atoms with van der Waals surface area (Å²) in [7, 11) is 0. The van der Waals surface area contributed by atoms with Crippen molar-refractivity contribution >= 4 is 23.7 Å². The molecule has 1 saturated heterocycles. The second-order valence-electron chi connectivity index (χ2n) is 11.2. The number of urea groups is 1. The fraction of sp³-hybridized carbons (Fsp3) is 0.500. The van der Waals surface area contributed by atoms with Crippen LogP contribution < -0.4 is 4.90 Å². The van der Waals surface area contributed by atoms with Crippen LogP contribution in [0.4, 0.5) is 41.6 Å². The number of hydrogen-bond acceptors (Lipinski definition) is 4. The number of aryl methyl sites for hydroxylation is 2. The van der Waals surface area contributed by atoms with Crippen LogP contribution in [0.2, 0.25) is 0 Å². The molecular formula is C30H31F6N3O4. The predicted octanol–water partition coefficient (Wildman–Crippen LogP) is 7.25. The van der Waals surface area contributed by atoms with Gasteiger partial charge in [0.05, 0.1) is 29.5 Å². The molecule has 0 N–H and O–H groups in total. The summed E-state index contributed by atoms with van der Waals surface area (Å²) in [5.74, 6) is -0.471. The van der Waals surface area contributed by atoms with E-state index in [-0.39, 0.29) is 37.6 Å². The number of benzene rings is 2. The molecule has 2 aromatic carbocycles. The van der Waals surface area contributed by atoms with Gasteiger partial charge in [0.25, 0.3) is 0 Å². The molecule has 0 unspecified atom stereocenters. The smallest absolute Gasteiger partial charge is 0.416 e. The number of carbonyl (C=O) groups is 3. The molecule has 5 rings (SSSR count). The van der Waals surface area contributed by atoms with Gasteiger partial charge in [-0.05, 0) is 92.5 Å². The Kier molecular flexibility index (Phi) is 8.12. The highest BCUT2D eigenvalue weighted by atomic mass is 19.4. The molecule has 1 aliphatic carbocycles. The van der Waals surface area contributed by atoms with Gasteiger partial charge in [0.2, 0.25) is 5.91 Å². The summed E-state index contributed by atoms with van der Waals surface area (Å²) < 4.78 is 87.4. The fourth-order valence-electron chi connectivity index (χ4n) is 6.29. The monoisotopic (exact) mass is 611 g/mol. The Labute approximate surface area is 244 Å². The third-order valence-corrected chi connectivity index (χ3v) is 8.26. The maximum Gasteiger partial charge on any atom is 0.416 e.